The van der Waals surface area contributed by atoms with E-state index in [0.717, 1.165) is 6.54 Å². The predicted molar refractivity (Wildman–Crippen MR) is 57.5 cm³/mol. The van der Waals surface area contributed by atoms with Gasteiger partial charge in [-0.2, -0.15) is 15.3 Å². The summed E-state index contributed by atoms with van der Waals surface area (Å²) in [7, 11) is 0. The third-order valence-corrected chi connectivity index (χ3v) is 2.10. The standard InChI is InChI=1S/C9H12ClN5/c1-3-15(6-7(2)4-11)8-5-12-14-9(10)13-8/h5,7H,3,6H2,1-2H3. The SMILES string of the molecule is CCN(CC(C)C#N)c1cnnc(Cl)n1. The Morgan fingerprint density at radius 3 is 2.93 bits per heavy atom. The van der Waals surface area contributed by atoms with Crippen LogP contribution in [0.15, 0.2) is 6.20 Å². The van der Waals surface area contributed by atoms with E-state index >= 15 is 0 Å². The highest BCUT2D eigenvalue weighted by Crippen LogP contribution is 2.12. The maximum atomic E-state index is 8.73. The van der Waals surface area contributed by atoms with Crippen molar-refractivity contribution in [1.29, 1.82) is 5.26 Å². The topological polar surface area (TPSA) is 65.7 Å². The molecule has 0 aliphatic rings. The smallest absolute Gasteiger partial charge is 0.244 e. The molecule has 1 aromatic rings. The van der Waals surface area contributed by atoms with Gasteiger partial charge in [-0.1, -0.05) is 0 Å². The number of hydrogen-bond donors (Lipinski definition) is 0. The van der Waals surface area contributed by atoms with Gasteiger partial charge in [-0.25, -0.2) is 0 Å². The van der Waals surface area contributed by atoms with Gasteiger partial charge in [-0.05, 0) is 25.4 Å². The van der Waals surface area contributed by atoms with Crippen LogP contribution in [-0.4, -0.2) is 28.3 Å². The number of aromatic nitrogens is 3. The number of anilines is 1. The summed E-state index contributed by atoms with van der Waals surface area (Å²) in [6, 6.07) is 2.18. The molecular formula is C9H12ClN5. The lowest BCUT2D eigenvalue weighted by Gasteiger charge is -2.22. The average molecular weight is 226 g/mol. The van der Waals surface area contributed by atoms with Crippen LogP contribution in [0, 0.1) is 17.2 Å². The first-order valence-corrected chi connectivity index (χ1v) is 5.05. The average Bonchev–Trinajstić information content (AvgIpc) is 2.25. The molecule has 0 fully saturated rings. The summed E-state index contributed by atoms with van der Waals surface area (Å²) in [6.07, 6.45) is 1.54. The van der Waals surface area contributed by atoms with E-state index in [9.17, 15) is 0 Å². The fraction of sp³-hybridized carbons (Fsp3) is 0.556. The van der Waals surface area contributed by atoms with Crippen molar-refractivity contribution in [2.45, 2.75) is 13.8 Å². The number of rotatable bonds is 4. The molecule has 1 unspecified atom stereocenters. The molecule has 15 heavy (non-hydrogen) atoms. The van der Waals surface area contributed by atoms with Crippen molar-refractivity contribution >= 4 is 17.4 Å². The summed E-state index contributed by atoms with van der Waals surface area (Å²) < 4.78 is 0. The van der Waals surface area contributed by atoms with Crippen molar-refractivity contribution < 1.29 is 0 Å². The molecule has 6 heteroatoms. The van der Waals surface area contributed by atoms with Crippen molar-refractivity contribution in [3.63, 3.8) is 0 Å². The van der Waals surface area contributed by atoms with Gasteiger partial charge in [-0.3, -0.25) is 0 Å². The fourth-order valence-electron chi connectivity index (χ4n) is 1.18. The molecule has 0 aromatic carbocycles. The van der Waals surface area contributed by atoms with Gasteiger partial charge in [0, 0.05) is 13.1 Å². The molecule has 0 saturated heterocycles. The first kappa shape index (κ1) is 11.7. The summed E-state index contributed by atoms with van der Waals surface area (Å²) in [5.74, 6) is 0.596. The molecule has 0 bridgehead atoms. The highest BCUT2D eigenvalue weighted by molar-refractivity contribution is 6.28. The van der Waals surface area contributed by atoms with Crippen molar-refractivity contribution in [3.8, 4) is 6.07 Å². The van der Waals surface area contributed by atoms with Crippen molar-refractivity contribution in [3.05, 3.63) is 11.5 Å². The minimum absolute atomic E-state index is 0.0568. The quantitative estimate of drug-likeness (QED) is 0.777. The summed E-state index contributed by atoms with van der Waals surface area (Å²) in [5.41, 5.74) is 0. The summed E-state index contributed by atoms with van der Waals surface area (Å²) in [5, 5.41) is 16.1. The van der Waals surface area contributed by atoms with E-state index < -0.39 is 0 Å². The third-order valence-electron chi connectivity index (χ3n) is 1.94. The van der Waals surface area contributed by atoms with Crippen LogP contribution in [0.4, 0.5) is 5.82 Å². The zero-order valence-electron chi connectivity index (χ0n) is 8.68. The van der Waals surface area contributed by atoms with Crippen LogP contribution in [0.1, 0.15) is 13.8 Å². The molecule has 0 radical (unpaired) electrons. The molecule has 5 nitrogen and oxygen atoms in total. The predicted octanol–water partition coefficient (Wildman–Crippen LogP) is 1.51. The Hall–Kier alpha value is -1.41. The Morgan fingerprint density at radius 2 is 2.40 bits per heavy atom. The zero-order chi connectivity index (χ0) is 11.3. The van der Waals surface area contributed by atoms with E-state index in [1.807, 2.05) is 18.7 Å². The fourth-order valence-corrected chi connectivity index (χ4v) is 1.31. The first-order chi connectivity index (χ1) is 7.17. The van der Waals surface area contributed by atoms with Crippen LogP contribution in [0.3, 0.4) is 0 Å². The van der Waals surface area contributed by atoms with Gasteiger partial charge in [0.05, 0.1) is 18.2 Å². The van der Waals surface area contributed by atoms with Crippen LogP contribution in [0.5, 0.6) is 0 Å². The van der Waals surface area contributed by atoms with Crippen LogP contribution in [0.2, 0.25) is 5.28 Å². The zero-order valence-corrected chi connectivity index (χ0v) is 9.44. The summed E-state index contributed by atoms with van der Waals surface area (Å²) in [6.45, 7) is 5.21. The molecule has 0 aliphatic carbocycles. The Labute approximate surface area is 93.7 Å². The highest BCUT2D eigenvalue weighted by Gasteiger charge is 2.11. The van der Waals surface area contributed by atoms with Crippen LogP contribution < -0.4 is 4.90 Å². The molecule has 80 valence electrons. The molecule has 0 aliphatic heterocycles. The molecule has 0 saturated carbocycles. The van der Waals surface area contributed by atoms with Crippen LogP contribution >= 0.6 is 11.6 Å². The highest BCUT2D eigenvalue weighted by atomic mass is 35.5. The van der Waals surface area contributed by atoms with Gasteiger partial charge in [0.1, 0.15) is 0 Å². The summed E-state index contributed by atoms with van der Waals surface area (Å²) >= 11 is 5.64. The Morgan fingerprint density at radius 1 is 1.67 bits per heavy atom. The Balaban J connectivity index is 2.79. The second-order valence-corrected chi connectivity index (χ2v) is 3.49. The van der Waals surface area contributed by atoms with Gasteiger partial charge in [0.25, 0.3) is 0 Å². The summed E-state index contributed by atoms with van der Waals surface area (Å²) in [4.78, 5) is 5.98. The monoisotopic (exact) mass is 225 g/mol. The maximum absolute atomic E-state index is 8.73. The van der Waals surface area contributed by atoms with Gasteiger partial charge < -0.3 is 4.90 Å². The van der Waals surface area contributed by atoms with E-state index in [-0.39, 0.29) is 11.2 Å². The molecular weight excluding hydrogens is 214 g/mol. The van der Waals surface area contributed by atoms with Gasteiger partial charge in [0.2, 0.25) is 5.28 Å². The molecule has 1 rings (SSSR count). The molecule has 0 spiro atoms. The lowest BCUT2D eigenvalue weighted by molar-refractivity contribution is 0.675. The number of hydrogen-bond acceptors (Lipinski definition) is 5. The number of nitriles is 1. The normalized spacial score (nSPS) is 11.9. The van der Waals surface area contributed by atoms with Crippen molar-refractivity contribution in [2.75, 3.05) is 18.0 Å². The minimum atomic E-state index is -0.0568. The molecule has 0 N–H and O–H groups in total. The molecule has 1 heterocycles. The van der Waals surface area contributed by atoms with E-state index in [1.165, 1.54) is 0 Å². The lowest BCUT2D eigenvalue weighted by Crippen LogP contribution is -2.28. The van der Waals surface area contributed by atoms with E-state index in [1.54, 1.807) is 6.20 Å². The minimum Gasteiger partial charge on any atom is -0.354 e. The lowest BCUT2D eigenvalue weighted by atomic mass is 10.2. The number of halogens is 1. The van der Waals surface area contributed by atoms with Gasteiger partial charge >= 0.3 is 0 Å². The second-order valence-electron chi connectivity index (χ2n) is 3.15. The van der Waals surface area contributed by atoms with Crippen LogP contribution in [0.25, 0.3) is 0 Å². The van der Waals surface area contributed by atoms with Gasteiger partial charge in [-0.15, -0.1) is 5.10 Å². The Kier molecular flexibility index (Phi) is 4.25. The van der Waals surface area contributed by atoms with E-state index in [2.05, 4.69) is 21.3 Å². The Bertz CT molecular complexity index is 362. The largest absolute Gasteiger partial charge is 0.354 e. The maximum Gasteiger partial charge on any atom is 0.244 e. The number of nitrogens with zero attached hydrogens (tertiary/aromatic N) is 5. The van der Waals surface area contributed by atoms with Crippen molar-refractivity contribution in [2.24, 2.45) is 5.92 Å². The first-order valence-electron chi connectivity index (χ1n) is 4.67. The molecule has 1 aromatic heterocycles. The third kappa shape index (κ3) is 3.33. The van der Waals surface area contributed by atoms with E-state index in [0.29, 0.717) is 12.4 Å². The van der Waals surface area contributed by atoms with Gasteiger partial charge in [0.15, 0.2) is 5.82 Å². The van der Waals surface area contributed by atoms with Crippen molar-refractivity contribution in [1.82, 2.24) is 15.2 Å². The second kappa shape index (κ2) is 5.47. The van der Waals surface area contributed by atoms with E-state index in [4.69, 9.17) is 16.9 Å². The molecule has 1 atom stereocenters. The molecule has 0 amide bonds. The van der Waals surface area contributed by atoms with Crippen LogP contribution in [-0.2, 0) is 0 Å².